The van der Waals surface area contributed by atoms with Gasteiger partial charge in [-0.15, -0.1) is 5.10 Å². The summed E-state index contributed by atoms with van der Waals surface area (Å²) in [6.07, 6.45) is 1.55. The Bertz CT molecular complexity index is 190. The molecule has 0 radical (unpaired) electrons. The highest BCUT2D eigenvalue weighted by molar-refractivity contribution is 5.13. The zero-order valence-corrected chi connectivity index (χ0v) is 4.57. The molecule has 0 atom stereocenters. The van der Waals surface area contributed by atoms with Crippen LogP contribution in [0.1, 0.15) is 5.82 Å². The maximum absolute atomic E-state index is 3.62. The Hall–Kier alpha value is -1.19. The quantitative estimate of drug-likeness (QED) is 0.514. The third-order valence-electron chi connectivity index (χ3n) is 0.830. The fraction of sp³-hybridized carbons (Fsp3) is 0.250. The van der Waals surface area contributed by atoms with Crippen LogP contribution >= 0.6 is 0 Å². The molecule has 0 amide bonds. The molecule has 0 aliphatic heterocycles. The van der Waals surface area contributed by atoms with Crippen LogP contribution in [-0.2, 0) is 0 Å². The van der Waals surface area contributed by atoms with E-state index in [0.29, 0.717) is 0 Å². The van der Waals surface area contributed by atoms with Crippen molar-refractivity contribution in [2.24, 2.45) is 0 Å². The van der Waals surface area contributed by atoms with E-state index >= 15 is 0 Å². The van der Waals surface area contributed by atoms with Crippen molar-refractivity contribution in [2.45, 2.75) is 6.92 Å². The van der Waals surface area contributed by atoms with Gasteiger partial charge in [0.15, 0.2) is 5.82 Å². The number of hydrogen-bond donors (Lipinski definition) is 0. The zero-order chi connectivity index (χ0) is 5.98. The lowest BCUT2D eigenvalue weighted by Crippen LogP contribution is -1.89. The van der Waals surface area contributed by atoms with E-state index in [-0.39, 0.29) is 0 Å². The second kappa shape index (κ2) is 1.73. The van der Waals surface area contributed by atoms with E-state index in [1.165, 1.54) is 4.68 Å². The van der Waals surface area contributed by atoms with Crippen molar-refractivity contribution in [2.75, 3.05) is 0 Å². The summed E-state index contributed by atoms with van der Waals surface area (Å²) in [4.78, 5) is 0. The smallest absolute Gasteiger partial charge is 0.152 e. The predicted octanol–water partition coefficient (Wildman–Crippen LogP) is 0.0820. The molecule has 0 aliphatic rings. The Balaban J connectivity index is 3.09. The minimum Gasteiger partial charge on any atom is -0.206 e. The molecule has 0 aromatic carbocycles. The van der Waals surface area contributed by atoms with Crippen molar-refractivity contribution in [1.82, 2.24) is 20.2 Å². The largest absolute Gasteiger partial charge is 0.206 e. The molecule has 1 heterocycles. The minimum atomic E-state index is 0.750. The van der Waals surface area contributed by atoms with Crippen molar-refractivity contribution in [3.8, 4) is 0 Å². The van der Waals surface area contributed by atoms with Crippen LogP contribution in [0, 0.1) is 6.92 Å². The van der Waals surface area contributed by atoms with Crippen LogP contribution in [0.3, 0.4) is 0 Å². The standard InChI is InChI=1S/C4H6N4/c1-3-8-4(2)5-6-7-8/h3H,1H2,2H3. The molecule has 0 saturated carbocycles. The summed E-state index contributed by atoms with van der Waals surface area (Å²) in [6, 6.07) is 0. The molecule has 42 valence electrons. The first-order valence-corrected chi connectivity index (χ1v) is 2.21. The minimum absolute atomic E-state index is 0.750. The van der Waals surface area contributed by atoms with Crippen molar-refractivity contribution >= 4 is 6.20 Å². The number of nitrogens with zero attached hydrogens (tertiary/aromatic N) is 4. The predicted molar refractivity (Wildman–Crippen MR) is 28.9 cm³/mol. The summed E-state index contributed by atoms with van der Waals surface area (Å²) in [7, 11) is 0. The fourth-order valence-electron chi connectivity index (χ4n) is 0.407. The first-order chi connectivity index (χ1) is 3.84. The molecule has 0 unspecified atom stereocenters. The monoisotopic (exact) mass is 110 g/mol. The van der Waals surface area contributed by atoms with E-state index in [2.05, 4.69) is 22.1 Å². The van der Waals surface area contributed by atoms with Crippen LogP contribution in [-0.4, -0.2) is 20.2 Å². The Morgan fingerprint density at radius 1 is 1.75 bits per heavy atom. The Labute approximate surface area is 46.8 Å². The van der Waals surface area contributed by atoms with Gasteiger partial charge in [0.1, 0.15) is 0 Å². The van der Waals surface area contributed by atoms with E-state index in [1.807, 2.05) is 6.92 Å². The van der Waals surface area contributed by atoms with Gasteiger partial charge >= 0.3 is 0 Å². The van der Waals surface area contributed by atoms with E-state index in [1.54, 1.807) is 6.20 Å². The zero-order valence-electron chi connectivity index (χ0n) is 4.57. The van der Waals surface area contributed by atoms with E-state index in [0.717, 1.165) is 5.82 Å². The number of hydrogen-bond acceptors (Lipinski definition) is 3. The summed E-state index contributed by atoms with van der Waals surface area (Å²) in [5.74, 6) is 0.750. The highest BCUT2D eigenvalue weighted by Crippen LogP contribution is 1.84. The molecule has 4 nitrogen and oxygen atoms in total. The van der Waals surface area contributed by atoms with Crippen molar-refractivity contribution in [3.63, 3.8) is 0 Å². The number of aromatic nitrogens is 4. The van der Waals surface area contributed by atoms with Crippen LogP contribution in [0.5, 0.6) is 0 Å². The van der Waals surface area contributed by atoms with Crippen LogP contribution in [0.4, 0.5) is 0 Å². The maximum Gasteiger partial charge on any atom is 0.152 e. The third kappa shape index (κ3) is 0.598. The van der Waals surface area contributed by atoms with Crippen molar-refractivity contribution in [3.05, 3.63) is 12.4 Å². The topological polar surface area (TPSA) is 43.6 Å². The lowest BCUT2D eigenvalue weighted by Gasteiger charge is -1.84. The average molecular weight is 110 g/mol. The van der Waals surface area contributed by atoms with Crippen LogP contribution in [0.2, 0.25) is 0 Å². The summed E-state index contributed by atoms with van der Waals surface area (Å²) >= 11 is 0. The van der Waals surface area contributed by atoms with E-state index in [4.69, 9.17) is 0 Å². The normalized spacial score (nSPS) is 9.12. The summed E-state index contributed by atoms with van der Waals surface area (Å²) in [5, 5.41) is 10.6. The number of aryl methyl sites for hydroxylation is 1. The molecule has 0 N–H and O–H groups in total. The number of tetrazole rings is 1. The second-order valence-electron chi connectivity index (χ2n) is 1.35. The van der Waals surface area contributed by atoms with Crippen molar-refractivity contribution < 1.29 is 0 Å². The first-order valence-electron chi connectivity index (χ1n) is 2.21. The number of rotatable bonds is 1. The lowest BCUT2D eigenvalue weighted by molar-refractivity contribution is 0.813. The Kier molecular flexibility index (Phi) is 1.07. The third-order valence-corrected chi connectivity index (χ3v) is 0.830. The molecule has 8 heavy (non-hydrogen) atoms. The molecule has 0 saturated heterocycles. The van der Waals surface area contributed by atoms with Crippen molar-refractivity contribution in [1.29, 1.82) is 0 Å². The van der Waals surface area contributed by atoms with Gasteiger partial charge in [-0.2, -0.15) is 0 Å². The van der Waals surface area contributed by atoms with Gasteiger partial charge in [0.05, 0.1) is 0 Å². The van der Waals surface area contributed by atoms with Crippen LogP contribution in [0.25, 0.3) is 6.20 Å². The molecule has 0 spiro atoms. The molecule has 0 fully saturated rings. The fourth-order valence-corrected chi connectivity index (χ4v) is 0.407. The molecule has 1 aromatic rings. The van der Waals surface area contributed by atoms with Crippen LogP contribution < -0.4 is 0 Å². The SMILES string of the molecule is C=Cn1nnnc1C. The molecule has 1 aromatic heterocycles. The average Bonchev–Trinajstić information content (AvgIpc) is 2.14. The van der Waals surface area contributed by atoms with Gasteiger partial charge in [-0.05, 0) is 17.4 Å². The molecule has 1 rings (SSSR count). The first kappa shape index (κ1) is 4.96. The summed E-state index contributed by atoms with van der Waals surface area (Å²) in [6.45, 7) is 5.29. The summed E-state index contributed by atoms with van der Waals surface area (Å²) < 4.78 is 1.50. The van der Waals surface area contributed by atoms with E-state index in [9.17, 15) is 0 Å². The van der Waals surface area contributed by atoms with Gasteiger partial charge in [0.25, 0.3) is 0 Å². The molecular weight excluding hydrogens is 104 g/mol. The highest BCUT2D eigenvalue weighted by Gasteiger charge is 1.90. The van der Waals surface area contributed by atoms with Gasteiger partial charge in [-0.25, -0.2) is 4.68 Å². The van der Waals surface area contributed by atoms with Gasteiger partial charge in [-0.1, -0.05) is 6.58 Å². The van der Waals surface area contributed by atoms with Crippen LogP contribution in [0.15, 0.2) is 6.58 Å². The molecule has 0 bridgehead atoms. The van der Waals surface area contributed by atoms with Gasteiger partial charge in [0, 0.05) is 6.20 Å². The van der Waals surface area contributed by atoms with E-state index < -0.39 is 0 Å². The lowest BCUT2D eigenvalue weighted by atomic mass is 10.7. The second-order valence-corrected chi connectivity index (χ2v) is 1.35. The van der Waals surface area contributed by atoms with Gasteiger partial charge in [-0.3, -0.25) is 0 Å². The maximum atomic E-state index is 3.62. The highest BCUT2D eigenvalue weighted by atomic mass is 15.5. The molecule has 0 aliphatic carbocycles. The van der Waals surface area contributed by atoms with Gasteiger partial charge < -0.3 is 0 Å². The molecular formula is C4H6N4. The molecule has 4 heteroatoms. The Morgan fingerprint density at radius 2 is 2.50 bits per heavy atom. The Morgan fingerprint density at radius 3 is 2.75 bits per heavy atom. The summed E-state index contributed by atoms with van der Waals surface area (Å²) in [5.41, 5.74) is 0. The van der Waals surface area contributed by atoms with Gasteiger partial charge in [0.2, 0.25) is 0 Å².